The number of anilines is 1. The molecule has 0 fully saturated rings. The number of nitrogens with zero attached hydrogens (tertiary/aromatic N) is 2. The highest BCUT2D eigenvalue weighted by molar-refractivity contribution is 6.30. The van der Waals surface area contributed by atoms with Crippen molar-refractivity contribution in [3.05, 3.63) is 65.6 Å². The molecule has 98 valence electrons. The van der Waals surface area contributed by atoms with Gasteiger partial charge in [-0.2, -0.15) is 0 Å². The van der Waals surface area contributed by atoms with E-state index < -0.39 is 0 Å². The van der Waals surface area contributed by atoms with E-state index in [2.05, 4.69) is 15.3 Å². The normalized spacial score (nSPS) is 10.4. The highest BCUT2D eigenvalue weighted by atomic mass is 35.5. The van der Waals surface area contributed by atoms with Crippen molar-refractivity contribution >= 4 is 34.1 Å². The molecule has 0 bridgehead atoms. The van der Waals surface area contributed by atoms with Gasteiger partial charge in [0.2, 0.25) is 0 Å². The molecule has 0 atom stereocenters. The van der Waals surface area contributed by atoms with Crippen LogP contribution in [0.1, 0.15) is 10.5 Å². The number of carbonyl (C=O) groups is 1. The van der Waals surface area contributed by atoms with E-state index in [0.29, 0.717) is 10.7 Å². The average molecular weight is 284 g/mol. The summed E-state index contributed by atoms with van der Waals surface area (Å²) in [6.07, 6.45) is 3.23. The van der Waals surface area contributed by atoms with Crippen LogP contribution in [0.4, 0.5) is 5.69 Å². The van der Waals surface area contributed by atoms with E-state index in [-0.39, 0.29) is 11.6 Å². The molecule has 0 aliphatic rings. The van der Waals surface area contributed by atoms with E-state index in [9.17, 15) is 4.79 Å². The summed E-state index contributed by atoms with van der Waals surface area (Å²) in [6.45, 7) is 0. The van der Waals surface area contributed by atoms with Gasteiger partial charge in [-0.1, -0.05) is 17.7 Å². The molecular formula is C15H10ClN3O. The van der Waals surface area contributed by atoms with Crippen molar-refractivity contribution in [3.63, 3.8) is 0 Å². The molecule has 0 radical (unpaired) electrons. The minimum atomic E-state index is -0.296. The zero-order chi connectivity index (χ0) is 13.9. The number of benzene rings is 1. The minimum absolute atomic E-state index is 0.281. The van der Waals surface area contributed by atoms with Gasteiger partial charge < -0.3 is 5.32 Å². The molecular weight excluding hydrogens is 274 g/mol. The largest absolute Gasteiger partial charge is 0.321 e. The summed E-state index contributed by atoms with van der Waals surface area (Å²) in [4.78, 5) is 20.3. The molecule has 20 heavy (non-hydrogen) atoms. The molecule has 0 saturated carbocycles. The van der Waals surface area contributed by atoms with Gasteiger partial charge in [-0.3, -0.25) is 14.8 Å². The van der Waals surface area contributed by atoms with Crippen molar-refractivity contribution < 1.29 is 4.79 Å². The lowest BCUT2D eigenvalue weighted by molar-refractivity contribution is 0.102. The second-order valence-corrected chi connectivity index (χ2v) is 4.66. The number of fused-ring (bicyclic) bond motifs is 1. The monoisotopic (exact) mass is 283 g/mol. The highest BCUT2D eigenvalue weighted by Crippen LogP contribution is 2.18. The molecule has 4 nitrogen and oxygen atoms in total. The van der Waals surface area contributed by atoms with Crippen molar-refractivity contribution in [1.82, 2.24) is 9.97 Å². The fourth-order valence-corrected chi connectivity index (χ4v) is 2.04. The third kappa shape index (κ3) is 2.60. The van der Waals surface area contributed by atoms with Crippen molar-refractivity contribution in [2.45, 2.75) is 0 Å². The Kier molecular flexibility index (Phi) is 3.31. The maximum atomic E-state index is 12.1. The quantitative estimate of drug-likeness (QED) is 0.783. The lowest BCUT2D eigenvalue weighted by Crippen LogP contribution is -2.13. The summed E-state index contributed by atoms with van der Waals surface area (Å²) < 4.78 is 0. The first-order valence-electron chi connectivity index (χ1n) is 6.00. The van der Waals surface area contributed by atoms with Crippen LogP contribution in [0.3, 0.4) is 0 Å². The third-order valence-electron chi connectivity index (χ3n) is 2.82. The Bertz CT molecular complexity index is 789. The molecule has 0 saturated heterocycles. The highest BCUT2D eigenvalue weighted by Gasteiger charge is 2.08. The van der Waals surface area contributed by atoms with E-state index in [1.54, 1.807) is 18.3 Å². The second kappa shape index (κ2) is 5.27. The molecule has 1 amide bonds. The van der Waals surface area contributed by atoms with E-state index >= 15 is 0 Å². The van der Waals surface area contributed by atoms with E-state index in [1.807, 2.05) is 24.3 Å². The first kappa shape index (κ1) is 12.6. The van der Waals surface area contributed by atoms with Crippen molar-refractivity contribution in [2.75, 3.05) is 5.32 Å². The predicted octanol–water partition coefficient (Wildman–Crippen LogP) is 3.54. The fraction of sp³-hybridized carbons (Fsp3) is 0. The fourth-order valence-electron chi connectivity index (χ4n) is 1.88. The number of rotatable bonds is 2. The van der Waals surface area contributed by atoms with Gasteiger partial charge in [0.15, 0.2) is 0 Å². The molecule has 3 rings (SSSR count). The van der Waals surface area contributed by atoms with Crippen LogP contribution in [-0.4, -0.2) is 15.9 Å². The number of hydrogen-bond acceptors (Lipinski definition) is 3. The molecule has 0 aliphatic carbocycles. The smallest absolute Gasteiger partial charge is 0.274 e. The van der Waals surface area contributed by atoms with Crippen molar-refractivity contribution in [3.8, 4) is 0 Å². The number of amides is 1. The Morgan fingerprint density at radius 1 is 1.05 bits per heavy atom. The van der Waals surface area contributed by atoms with E-state index in [4.69, 9.17) is 11.6 Å². The van der Waals surface area contributed by atoms with Crippen LogP contribution in [0.2, 0.25) is 5.02 Å². The zero-order valence-corrected chi connectivity index (χ0v) is 11.1. The third-order valence-corrected chi connectivity index (χ3v) is 3.05. The first-order chi connectivity index (χ1) is 9.72. The van der Waals surface area contributed by atoms with Crippen molar-refractivity contribution in [2.24, 2.45) is 0 Å². The van der Waals surface area contributed by atoms with Crippen LogP contribution in [0.5, 0.6) is 0 Å². The number of hydrogen-bond donors (Lipinski definition) is 1. The van der Waals surface area contributed by atoms with Gasteiger partial charge in [0.25, 0.3) is 5.91 Å². The van der Waals surface area contributed by atoms with Gasteiger partial charge in [-0.15, -0.1) is 0 Å². The minimum Gasteiger partial charge on any atom is -0.321 e. The SMILES string of the molecule is O=C(Nc1ccc2ncccc2c1)c1cc(Cl)ccn1. The number of carbonyl (C=O) groups excluding carboxylic acids is 1. The van der Waals surface area contributed by atoms with Gasteiger partial charge in [0.1, 0.15) is 5.69 Å². The van der Waals surface area contributed by atoms with Gasteiger partial charge in [-0.05, 0) is 36.4 Å². The summed E-state index contributed by atoms with van der Waals surface area (Å²) in [6, 6.07) is 12.5. The predicted molar refractivity (Wildman–Crippen MR) is 78.9 cm³/mol. The summed E-state index contributed by atoms with van der Waals surface area (Å²) in [5.41, 5.74) is 1.85. The Hall–Kier alpha value is -2.46. The van der Waals surface area contributed by atoms with Crippen molar-refractivity contribution in [1.29, 1.82) is 0 Å². The molecule has 1 aromatic carbocycles. The number of nitrogens with one attached hydrogen (secondary N) is 1. The Balaban J connectivity index is 1.87. The Morgan fingerprint density at radius 3 is 2.80 bits per heavy atom. The topological polar surface area (TPSA) is 54.9 Å². The second-order valence-electron chi connectivity index (χ2n) is 4.22. The maximum absolute atomic E-state index is 12.1. The Labute approximate surface area is 120 Å². The average Bonchev–Trinajstić information content (AvgIpc) is 2.47. The summed E-state index contributed by atoms with van der Waals surface area (Å²) in [5, 5.41) is 4.23. The standard InChI is InChI=1S/C15H10ClN3O/c16-11-5-7-18-14(9-11)15(20)19-12-3-4-13-10(8-12)2-1-6-17-13/h1-9H,(H,19,20). The molecule has 0 unspecified atom stereocenters. The number of halogens is 1. The molecule has 2 aromatic heterocycles. The molecule has 5 heteroatoms. The summed E-state index contributed by atoms with van der Waals surface area (Å²) in [5.74, 6) is -0.296. The molecule has 1 N–H and O–H groups in total. The molecule has 3 aromatic rings. The molecule has 2 heterocycles. The van der Waals surface area contributed by atoms with Crippen LogP contribution >= 0.6 is 11.6 Å². The van der Waals surface area contributed by atoms with Crippen LogP contribution in [0.25, 0.3) is 10.9 Å². The summed E-state index contributed by atoms with van der Waals surface area (Å²) in [7, 11) is 0. The van der Waals surface area contributed by atoms with Crippen LogP contribution in [0, 0.1) is 0 Å². The zero-order valence-electron chi connectivity index (χ0n) is 10.4. The number of pyridine rings is 2. The van der Waals surface area contributed by atoms with Gasteiger partial charge in [-0.25, -0.2) is 0 Å². The number of aromatic nitrogens is 2. The molecule has 0 spiro atoms. The van der Waals surface area contributed by atoms with Gasteiger partial charge in [0.05, 0.1) is 5.52 Å². The van der Waals surface area contributed by atoms with Gasteiger partial charge in [0, 0.05) is 28.5 Å². The van der Waals surface area contributed by atoms with Crippen LogP contribution in [0.15, 0.2) is 54.9 Å². The maximum Gasteiger partial charge on any atom is 0.274 e. The lowest BCUT2D eigenvalue weighted by atomic mass is 10.2. The van der Waals surface area contributed by atoms with Gasteiger partial charge >= 0.3 is 0 Å². The molecule has 0 aliphatic heterocycles. The lowest BCUT2D eigenvalue weighted by Gasteiger charge is -2.06. The Morgan fingerprint density at radius 2 is 1.95 bits per heavy atom. The summed E-state index contributed by atoms with van der Waals surface area (Å²) >= 11 is 5.84. The van der Waals surface area contributed by atoms with E-state index in [1.165, 1.54) is 12.3 Å². The first-order valence-corrected chi connectivity index (χ1v) is 6.38. The van der Waals surface area contributed by atoms with Crippen LogP contribution < -0.4 is 5.32 Å². The van der Waals surface area contributed by atoms with E-state index in [0.717, 1.165) is 10.9 Å². The van der Waals surface area contributed by atoms with Crippen LogP contribution in [-0.2, 0) is 0 Å².